The molecular formula is C27H24N2O8S. The number of ether oxygens (including phenoxy) is 2. The Hall–Kier alpha value is -4.56. The molecule has 0 aliphatic rings. The summed E-state index contributed by atoms with van der Waals surface area (Å²) in [5, 5.41) is 20.9. The molecule has 10 nitrogen and oxygen atoms in total. The van der Waals surface area contributed by atoms with Crippen LogP contribution in [0.4, 0.5) is 5.69 Å². The Morgan fingerprint density at radius 1 is 1.08 bits per heavy atom. The van der Waals surface area contributed by atoms with Crippen molar-refractivity contribution in [1.29, 1.82) is 5.26 Å². The summed E-state index contributed by atoms with van der Waals surface area (Å²) in [5.74, 6) is -1.37. The molecular weight excluding hydrogens is 512 g/mol. The van der Waals surface area contributed by atoms with Gasteiger partial charge >= 0.3 is 11.9 Å². The highest BCUT2D eigenvalue weighted by molar-refractivity contribution is 7.14. The van der Waals surface area contributed by atoms with Gasteiger partial charge in [0.15, 0.2) is 5.78 Å². The first-order chi connectivity index (χ1) is 18.1. The van der Waals surface area contributed by atoms with Gasteiger partial charge in [-0.3, -0.25) is 14.9 Å². The Labute approximate surface area is 222 Å². The van der Waals surface area contributed by atoms with Gasteiger partial charge in [0.1, 0.15) is 22.5 Å². The molecule has 0 radical (unpaired) electrons. The normalized spacial score (nSPS) is 11.1. The van der Waals surface area contributed by atoms with Crippen molar-refractivity contribution in [2.45, 2.75) is 34.1 Å². The van der Waals surface area contributed by atoms with E-state index in [4.69, 9.17) is 13.9 Å². The summed E-state index contributed by atoms with van der Waals surface area (Å²) in [5.41, 5.74) is 1.07. The quantitative estimate of drug-likeness (QED) is 0.106. The van der Waals surface area contributed by atoms with Crippen LogP contribution in [-0.4, -0.2) is 35.9 Å². The van der Waals surface area contributed by atoms with Gasteiger partial charge in [-0.15, -0.1) is 11.3 Å². The summed E-state index contributed by atoms with van der Waals surface area (Å²) in [6.45, 7) is 6.71. The van der Waals surface area contributed by atoms with Crippen LogP contribution >= 0.6 is 11.3 Å². The summed E-state index contributed by atoms with van der Waals surface area (Å²) >= 11 is 0.946. The first kappa shape index (κ1) is 28.0. The van der Waals surface area contributed by atoms with Crippen LogP contribution in [0, 0.1) is 35.3 Å². The molecule has 0 fully saturated rings. The Morgan fingerprint density at radius 3 is 2.39 bits per heavy atom. The van der Waals surface area contributed by atoms with E-state index in [0.29, 0.717) is 22.5 Å². The number of nitrogens with zero attached hydrogens (tertiary/aromatic N) is 2. The average Bonchev–Trinajstić information content (AvgIpc) is 3.46. The van der Waals surface area contributed by atoms with Crippen LogP contribution < -0.4 is 0 Å². The van der Waals surface area contributed by atoms with E-state index in [1.54, 1.807) is 39.8 Å². The lowest BCUT2D eigenvalue weighted by atomic mass is 10.0. The maximum atomic E-state index is 13.1. The van der Waals surface area contributed by atoms with Gasteiger partial charge in [0.05, 0.1) is 29.3 Å². The minimum atomic E-state index is -0.676. The molecule has 0 amide bonds. The standard InChI is InChI=1S/C27H24N2O8S/c1-5-35-26(31)24-16(4)25(27(32)36-6-2)38-23(24)13-21(30)17(14-28)12-18-10-11-22(37-18)19-8-7-9-20(15(19)3)29(33)34/h7-12H,5-6,13H2,1-4H3/b17-12+. The van der Waals surface area contributed by atoms with Crippen molar-refractivity contribution >= 4 is 40.8 Å². The first-order valence-corrected chi connectivity index (χ1v) is 12.4. The highest BCUT2D eigenvalue weighted by Gasteiger charge is 2.28. The lowest BCUT2D eigenvalue weighted by Gasteiger charge is -2.05. The van der Waals surface area contributed by atoms with Crippen LogP contribution in [0.3, 0.4) is 0 Å². The van der Waals surface area contributed by atoms with Gasteiger partial charge in [0.2, 0.25) is 0 Å². The number of hydrogen-bond acceptors (Lipinski definition) is 10. The number of nitro benzene ring substituents is 1. The predicted octanol–water partition coefficient (Wildman–Crippen LogP) is 5.61. The third kappa shape index (κ3) is 5.87. The monoisotopic (exact) mass is 536 g/mol. The fourth-order valence-corrected chi connectivity index (χ4v) is 4.97. The fourth-order valence-electron chi connectivity index (χ4n) is 3.78. The summed E-state index contributed by atoms with van der Waals surface area (Å²) in [6, 6.07) is 9.57. The Kier molecular flexibility index (Phi) is 8.94. The van der Waals surface area contributed by atoms with E-state index in [2.05, 4.69) is 0 Å². The molecule has 0 saturated carbocycles. The highest BCUT2D eigenvalue weighted by Crippen LogP contribution is 2.33. The minimum Gasteiger partial charge on any atom is -0.462 e. The average molecular weight is 537 g/mol. The van der Waals surface area contributed by atoms with Crippen molar-refractivity contribution in [3.8, 4) is 17.4 Å². The van der Waals surface area contributed by atoms with Crippen molar-refractivity contribution in [1.82, 2.24) is 0 Å². The van der Waals surface area contributed by atoms with E-state index >= 15 is 0 Å². The highest BCUT2D eigenvalue weighted by atomic mass is 32.1. The van der Waals surface area contributed by atoms with E-state index < -0.39 is 22.6 Å². The molecule has 2 aromatic heterocycles. The van der Waals surface area contributed by atoms with Crippen LogP contribution in [0.2, 0.25) is 0 Å². The summed E-state index contributed by atoms with van der Waals surface area (Å²) in [6.07, 6.45) is 0.936. The van der Waals surface area contributed by atoms with Gasteiger partial charge in [-0.2, -0.15) is 5.26 Å². The molecule has 1 aromatic carbocycles. The molecule has 38 heavy (non-hydrogen) atoms. The van der Waals surface area contributed by atoms with Crippen LogP contribution in [-0.2, 0) is 20.7 Å². The zero-order valence-corrected chi connectivity index (χ0v) is 22.0. The number of furan rings is 1. The lowest BCUT2D eigenvalue weighted by molar-refractivity contribution is -0.385. The smallest absolute Gasteiger partial charge is 0.348 e. The predicted molar refractivity (Wildman–Crippen MR) is 139 cm³/mol. The third-order valence-corrected chi connectivity index (χ3v) is 6.85. The number of nitro groups is 1. The number of Topliss-reactive ketones (excluding diaryl/α,β-unsaturated/α-hetero) is 1. The molecule has 0 aliphatic carbocycles. The van der Waals surface area contributed by atoms with Crippen LogP contribution in [0.15, 0.2) is 40.3 Å². The van der Waals surface area contributed by atoms with Crippen molar-refractivity contribution in [2.24, 2.45) is 0 Å². The van der Waals surface area contributed by atoms with Gasteiger partial charge in [-0.05, 0) is 45.4 Å². The molecule has 2 heterocycles. The fraction of sp³-hybridized carbons (Fsp3) is 0.259. The van der Waals surface area contributed by atoms with E-state index in [1.165, 1.54) is 24.3 Å². The number of benzene rings is 1. The SMILES string of the molecule is CCOC(=O)c1sc(CC(=O)/C(C#N)=C/c2ccc(-c3cccc([N+](=O)[O-])c3C)o2)c(C(=O)OCC)c1C. The Morgan fingerprint density at radius 2 is 1.76 bits per heavy atom. The zero-order chi connectivity index (χ0) is 28.0. The summed E-state index contributed by atoms with van der Waals surface area (Å²) in [4.78, 5) is 49.3. The van der Waals surface area contributed by atoms with Crippen molar-refractivity contribution < 1.29 is 33.2 Å². The third-order valence-electron chi connectivity index (χ3n) is 5.58. The molecule has 0 atom stereocenters. The number of allylic oxidation sites excluding steroid dienone is 1. The van der Waals surface area contributed by atoms with Crippen molar-refractivity contribution in [3.63, 3.8) is 0 Å². The molecule has 0 aliphatic heterocycles. The number of nitriles is 1. The number of carbonyl (C=O) groups excluding carboxylic acids is 3. The number of carbonyl (C=O) groups is 3. The molecule has 0 N–H and O–H groups in total. The van der Waals surface area contributed by atoms with Gasteiger partial charge in [0.25, 0.3) is 5.69 Å². The number of ketones is 1. The molecule has 3 rings (SSSR count). The second-order valence-corrected chi connectivity index (χ2v) is 9.08. The van der Waals surface area contributed by atoms with Gasteiger partial charge < -0.3 is 13.9 Å². The van der Waals surface area contributed by atoms with Crippen molar-refractivity contribution in [2.75, 3.05) is 13.2 Å². The Bertz CT molecular complexity index is 1490. The minimum absolute atomic E-state index is 0.0604. The molecule has 0 spiro atoms. The molecule has 0 bridgehead atoms. The second kappa shape index (κ2) is 12.1. The van der Waals surface area contributed by atoms with Gasteiger partial charge in [0, 0.05) is 34.6 Å². The maximum absolute atomic E-state index is 13.1. The van der Waals surface area contributed by atoms with Crippen LogP contribution in [0.25, 0.3) is 17.4 Å². The maximum Gasteiger partial charge on any atom is 0.348 e. The molecule has 11 heteroatoms. The first-order valence-electron chi connectivity index (χ1n) is 11.6. The largest absolute Gasteiger partial charge is 0.462 e. The van der Waals surface area contributed by atoms with Gasteiger partial charge in [-0.1, -0.05) is 12.1 Å². The van der Waals surface area contributed by atoms with Crippen LogP contribution in [0.1, 0.15) is 55.6 Å². The van der Waals surface area contributed by atoms with E-state index in [0.717, 1.165) is 11.3 Å². The number of rotatable bonds is 10. The van der Waals surface area contributed by atoms with E-state index in [-0.39, 0.29) is 52.0 Å². The number of hydrogen-bond donors (Lipinski definition) is 0. The topological polar surface area (TPSA) is 150 Å². The number of thiophene rings is 1. The van der Waals surface area contributed by atoms with Gasteiger partial charge in [-0.25, -0.2) is 9.59 Å². The summed E-state index contributed by atoms with van der Waals surface area (Å²) in [7, 11) is 0. The van der Waals surface area contributed by atoms with Crippen molar-refractivity contribution in [3.05, 3.63) is 78.2 Å². The molecule has 0 unspecified atom stereocenters. The Balaban J connectivity index is 1.93. The zero-order valence-electron chi connectivity index (χ0n) is 21.2. The summed E-state index contributed by atoms with van der Waals surface area (Å²) < 4.78 is 15.9. The van der Waals surface area contributed by atoms with Crippen LogP contribution in [0.5, 0.6) is 0 Å². The second-order valence-electron chi connectivity index (χ2n) is 7.97. The molecule has 196 valence electrons. The molecule has 3 aromatic rings. The molecule has 0 saturated heterocycles. The lowest BCUT2D eigenvalue weighted by Crippen LogP contribution is -2.12. The van der Waals surface area contributed by atoms with E-state index in [9.17, 15) is 29.8 Å². The number of esters is 2. The van der Waals surface area contributed by atoms with E-state index in [1.807, 2.05) is 6.07 Å².